The van der Waals surface area contributed by atoms with E-state index in [1.165, 1.54) is 6.42 Å². The summed E-state index contributed by atoms with van der Waals surface area (Å²) in [5, 5.41) is 0. The number of hydrogen-bond acceptors (Lipinski definition) is 0. The van der Waals surface area contributed by atoms with Gasteiger partial charge < -0.3 is 0 Å². The lowest BCUT2D eigenvalue weighted by atomic mass is 9.87. The summed E-state index contributed by atoms with van der Waals surface area (Å²) >= 11 is 12.0. The van der Waals surface area contributed by atoms with Gasteiger partial charge >= 0.3 is 0 Å². The molecule has 0 bridgehead atoms. The molecule has 10 heavy (non-hydrogen) atoms. The molecule has 1 aliphatic carbocycles. The Morgan fingerprint density at radius 2 is 2.20 bits per heavy atom. The number of rotatable bonds is 1. The minimum absolute atomic E-state index is 0.444. The van der Waals surface area contributed by atoms with Crippen LogP contribution in [0, 0.1) is 12.8 Å². The van der Waals surface area contributed by atoms with Gasteiger partial charge in [-0.2, -0.15) is 0 Å². The normalized spacial score (nSPS) is 32.1. The molecule has 2 heteroatoms. The van der Waals surface area contributed by atoms with Crippen molar-refractivity contribution in [1.29, 1.82) is 0 Å². The largest absolute Gasteiger partial charge is 0.118 e. The topological polar surface area (TPSA) is 0 Å². The van der Waals surface area contributed by atoms with Crippen LogP contribution in [-0.4, -0.2) is 4.33 Å². The van der Waals surface area contributed by atoms with Gasteiger partial charge in [0.25, 0.3) is 0 Å². The van der Waals surface area contributed by atoms with E-state index in [0.29, 0.717) is 5.92 Å². The molecule has 0 aromatic rings. The van der Waals surface area contributed by atoms with E-state index in [1.807, 2.05) is 0 Å². The van der Waals surface area contributed by atoms with Crippen molar-refractivity contribution in [2.45, 2.75) is 36.4 Å². The Hall–Kier alpha value is 0.580. The second-order valence-corrected chi connectivity index (χ2v) is 4.75. The summed E-state index contributed by atoms with van der Waals surface area (Å²) < 4.78 is -0.444. The van der Waals surface area contributed by atoms with Gasteiger partial charge in [0.15, 0.2) is 0 Å². The maximum absolute atomic E-state index is 5.98. The van der Waals surface area contributed by atoms with Gasteiger partial charge in [0.1, 0.15) is 4.33 Å². The smallest absolute Gasteiger partial charge is 0.102 e. The molecule has 1 saturated carbocycles. The Balaban J connectivity index is 2.40. The molecular formula is C8H13Cl2. The molecule has 1 unspecified atom stereocenters. The van der Waals surface area contributed by atoms with Crippen LogP contribution >= 0.6 is 23.2 Å². The average Bonchev–Trinajstić information content (AvgIpc) is 1.86. The highest BCUT2D eigenvalue weighted by molar-refractivity contribution is 6.48. The van der Waals surface area contributed by atoms with Crippen LogP contribution in [0.3, 0.4) is 0 Å². The second-order valence-electron chi connectivity index (χ2n) is 3.11. The molecule has 1 radical (unpaired) electrons. The zero-order chi connectivity index (χ0) is 7.61. The van der Waals surface area contributed by atoms with Crippen molar-refractivity contribution in [2.24, 2.45) is 5.92 Å². The first-order valence-corrected chi connectivity index (χ1v) is 4.57. The Morgan fingerprint density at radius 1 is 1.50 bits per heavy atom. The lowest BCUT2D eigenvalue weighted by Gasteiger charge is -2.30. The third kappa shape index (κ3) is 2.32. The molecule has 59 valence electrons. The summed E-state index contributed by atoms with van der Waals surface area (Å²) in [6.45, 7) is 3.86. The van der Waals surface area contributed by atoms with Crippen molar-refractivity contribution in [1.82, 2.24) is 0 Å². The average molecular weight is 180 g/mol. The molecule has 1 aliphatic rings. The maximum Gasteiger partial charge on any atom is 0.118 e. The number of hydrogen-bond donors (Lipinski definition) is 0. The van der Waals surface area contributed by atoms with Gasteiger partial charge in [0.2, 0.25) is 0 Å². The lowest BCUT2D eigenvalue weighted by molar-refractivity contribution is 0.345. The Bertz CT molecular complexity index is 110. The van der Waals surface area contributed by atoms with Crippen molar-refractivity contribution in [3.63, 3.8) is 0 Å². The van der Waals surface area contributed by atoms with Crippen LogP contribution in [0.5, 0.6) is 0 Å². The van der Waals surface area contributed by atoms with Gasteiger partial charge in [-0.25, -0.2) is 0 Å². The molecule has 0 aliphatic heterocycles. The molecular weight excluding hydrogens is 167 g/mol. The van der Waals surface area contributed by atoms with Crippen molar-refractivity contribution in [2.75, 3.05) is 0 Å². The van der Waals surface area contributed by atoms with Crippen LogP contribution in [0.1, 0.15) is 32.1 Å². The summed E-state index contributed by atoms with van der Waals surface area (Å²) in [7, 11) is 0. The Labute approximate surface area is 72.9 Å². The summed E-state index contributed by atoms with van der Waals surface area (Å²) in [4.78, 5) is 0. The summed E-state index contributed by atoms with van der Waals surface area (Å²) in [6, 6.07) is 0. The van der Waals surface area contributed by atoms with Crippen LogP contribution < -0.4 is 0 Å². The Kier molecular flexibility index (Phi) is 2.88. The van der Waals surface area contributed by atoms with Crippen molar-refractivity contribution < 1.29 is 0 Å². The molecule has 0 amide bonds. The van der Waals surface area contributed by atoms with Gasteiger partial charge in [-0.1, -0.05) is 26.2 Å². The van der Waals surface area contributed by atoms with Gasteiger partial charge in [0.05, 0.1) is 0 Å². The van der Waals surface area contributed by atoms with Crippen molar-refractivity contribution in [3.05, 3.63) is 6.92 Å². The van der Waals surface area contributed by atoms with Gasteiger partial charge in [-0.15, -0.1) is 23.2 Å². The van der Waals surface area contributed by atoms with E-state index in [4.69, 9.17) is 23.2 Å². The molecule has 0 aromatic carbocycles. The molecule has 1 rings (SSSR count). The molecule has 0 nitrogen and oxygen atoms in total. The van der Waals surface area contributed by atoms with E-state index < -0.39 is 4.33 Å². The molecule has 0 spiro atoms. The molecule has 1 fully saturated rings. The van der Waals surface area contributed by atoms with Gasteiger partial charge in [-0.05, 0) is 18.8 Å². The maximum atomic E-state index is 5.98. The minimum atomic E-state index is -0.444. The van der Waals surface area contributed by atoms with E-state index in [0.717, 1.165) is 25.7 Å². The van der Waals surface area contributed by atoms with Gasteiger partial charge in [0, 0.05) is 0 Å². The highest BCUT2D eigenvalue weighted by Crippen LogP contribution is 2.41. The van der Waals surface area contributed by atoms with E-state index >= 15 is 0 Å². The highest BCUT2D eigenvalue weighted by atomic mass is 35.5. The molecule has 1 atom stereocenters. The van der Waals surface area contributed by atoms with E-state index in [9.17, 15) is 0 Å². The van der Waals surface area contributed by atoms with Crippen molar-refractivity contribution in [3.8, 4) is 0 Å². The van der Waals surface area contributed by atoms with E-state index in [1.54, 1.807) is 0 Å². The fourth-order valence-electron chi connectivity index (χ4n) is 1.52. The minimum Gasteiger partial charge on any atom is -0.102 e. The molecule has 0 saturated heterocycles. The first-order valence-electron chi connectivity index (χ1n) is 3.81. The monoisotopic (exact) mass is 179 g/mol. The van der Waals surface area contributed by atoms with Crippen LogP contribution in [0.4, 0.5) is 0 Å². The summed E-state index contributed by atoms with van der Waals surface area (Å²) in [5.41, 5.74) is 0. The quantitative estimate of drug-likeness (QED) is 0.541. The standard InChI is InChI=1S/C8H13Cl2/c1-2-7-4-3-5-8(9,10)6-7/h7H,1-6H2. The van der Waals surface area contributed by atoms with Gasteiger partial charge in [-0.3, -0.25) is 0 Å². The molecule has 0 N–H and O–H groups in total. The fourth-order valence-corrected chi connectivity index (χ4v) is 2.23. The highest BCUT2D eigenvalue weighted by Gasteiger charge is 2.31. The Morgan fingerprint density at radius 3 is 2.60 bits per heavy atom. The predicted octanol–water partition coefficient (Wildman–Crippen LogP) is 3.57. The summed E-state index contributed by atoms with van der Waals surface area (Å²) in [6.07, 6.45) is 5.27. The zero-order valence-corrected chi connectivity index (χ0v) is 7.59. The fraction of sp³-hybridized carbons (Fsp3) is 0.875. The number of alkyl halides is 2. The number of halogens is 2. The van der Waals surface area contributed by atoms with Crippen LogP contribution in [0.25, 0.3) is 0 Å². The molecule has 0 heterocycles. The third-order valence-electron chi connectivity index (χ3n) is 2.15. The molecule has 0 aromatic heterocycles. The predicted molar refractivity (Wildman–Crippen MR) is 46.4 cm³/mol. The van der Waals surface area contributed by atoms with E-state index in [-0.39, 0.29) is 0 Å². The third-order valence-corrected chi connectivity index (χ3v) is 2.84. The SMILES string of the molecule is [CH2]CC1CCCC(Cl)(Cl)C1. The first-order chi connectivity index (χ1) is 4.64. The zero-order valence-electron chi connectivity index (χ0n) is 6.08. The van der Waals surface area contributed by atoms with Crippen LogP contribution in [0.15, 0.2) is 0 Å². The van der Waals surface area contributed by atoms with Crippen LogP contribution in [0.2, 0.25) is 0 Å². The second kappa shape index (κ2) is 3.32. The summed E-state index contributed by atoms with van der Waals surface area (Å²) in [5.74, 6) is 0.656. The van der Waals surface area contributed by atoms with Crippen LogP contribution in [-0.2, 0) is 0 Å². The first kappa shape index (κ1) is 8.67. The van der Waals surface area contributed by atoms with Crippen molar-refractivity contribution >= 4 is 23.2 Å². The van der Waals surface area contributed by atoms with E-state index in [2.05, 4.69) is 6.92 Å². The lowest BCUT2D eigenvalue weighted by Crippen LogP contribution is -2.23.